The molecule has 0 bridgehead atoms. The van der Waals surface area contributed by atoms with Crippen molar-refractivity contribution in [1.82, 2.24) is 5.32 Å². The maximum atomic E-state index is 13.4. The fraction of sp³-hybridized carbons (Fsp3) is 0.125. The van der Waals surface area contributed by atoms with Gasteiger partial charge >= 0.3 is 5.97 Å². The number of benzene rings is 3. The maximum Gasteiger partial charge on any atom is 0.326 e. The van der Waals surface area contributed by atoms with E-state index in [1.54, 1.807) is 60.7 Å². The predicted molar refractivity (Wildman–Crippen MR) is 127 cm³/mol. The van der Waals surface area contributed by atoms with Crippen molar-refractivity contribution in [2.45, 2.75) is 23.8 Å². The Hall–Kier alpha value is -4.38. The van der Waals surface area contributed by atoms with Crippen LogP contribution in [0.3, 0.4) is 0 Å². The molecule has 1 unspecified atom stereocenters. The second-order valence-corrected chi connectivity index (χ2v) is 9.12. The molecule has 1 atom stereocenters. The normalized spacial score (nSPS) is 11.8. The summed E-state index contributed by atoms with van der Waals surface area (Å²) in [5.74, 6) is -2.46. The van der Waals surface area contributed by atoms with Crippen LogP contribution in [0, 0.1) is 0 Å². The van der Waals surface area contributed by atoms with Crippen molar-refractivity contribution < 1.29 is 32.7 Å². The lowest BCUT2D eigenvalue weighted by atomic mass is 10.1. The van der Waals surface area contributed by atoms with E-state index in [2.05, 4.69) is 5.32 Å². The van der Waals surface area contributed by atoms with Crippen LogP contribution in [0.5, 0.6) is 5.75 Å². The zero-order chi connectivity index (χ0) is 25.4. The van der Waals surface area contributed by atoms with E-state index in [0.717, 1.165) is 4.47 Å². The van der Waals surface area contributed by atoms with Gasteiger partial charge in [0.2, 0.25) is 5.91 Å². The van der Waals surface area contributed by atoms with Gasteiger partial charge in [-0.3, -0.25) is 9.59 Å². The van der Waals surface area contributed by atoms with E-state index in [1.807, 2.05) is 0 Å². The first-order valence-electron chi connectivity index (χ1n) is 10.4. The highest BCUT2D eigenvalue weighted by Crippen LogP contribution is 2.26. The molecule has 0 spiro atoms. The average Bonchev–Trinajstić information content (AvgIpc) is 2.85. The molecular weight excluding hydrogens is 474 g/mol. The van der Waals surface area contributed by atoms with Crippen molar-refractivity contribution in [3.63, 3.8) is 0 Å². The third kappa shape index (κ3) is 6.58. The molecule has 3 aromatic carbocycles. The molecule has 182 valence electrons. The second-order valence-electron chi connectivity index (χ2n) is 7.37. The molecule has 0 saturated carbocycles. The number of rotatable bonds is 11. The van der Waals surface area contributed by atoms with Gasteiger partial charge in [-0.1, -0.05) is 40.9 Å². The zero-order valence-corrected chi connectivity index (χ0v) is 19.2. The minimum Gasteiger partial charge on any atom is -0.480 e. The summed E-state index contributed by atoms with van der Waals surface area (Å²) < 4.78 is 27.6. The lowest BCUT2D eigenvalue weighted by molar-refractivity contribution is -0.139. The number of primary amides is 1. The predicted octanol–water partition coefficient (Wildman–Crippen LogP) is 2.32. The fourth-order valence-electron chi connectivity index (χ4n) is 3.03. The van der Waals surface area contributed by atoms with Crippen LogP contribution >= 0.6 is 0 Å². The first-order chi connectivity index (χ1) is 16.7. The van der Waals surface area contributed by atoms with E-state index in [-0.39, 0.29) is 29.0 Å². The molecule has 0 aliphatic carbocycles. The molecule has 0 aliphatic rings. The van der Waals surface area contributed by atoms with Crippen LogP contribution in [0.25, 0.3) is 0 Å². The molecule has 3 aromatic rings. The number of nitrogens with one attached hydrogen (secondary N) is 1. The van der Waals surface area contributed by atoms with Gasteiger partial charge < -0.3 is 21.0 Å². The van der Waals surface area contributed by atoms with E-state index in [4.69, 9.17) is 10.6 Å². The van der Waals surface area contributed by atoms with Gasteiger partial charge in [0, 0.05) is 12.0 Å². The van der Waals surface area contributed by atoms with E-state index < -0.39 is 33.8 Å². The number of hydrogen-bond donors (Lipinski definition) is 3. The molecule has 3 rings (SSSR count). The van der Waals surface area contributed by atoms with Crippen LogP contribution < -0.4 is 20.4 Å². The highest BCUT2D eigenvalue weighted by atomic mass is 32.2. The first kappa shape index (κ1) is 25.2. The third-order valence-corrected chi connectivity index (χ3v) is 6.40. The Kier molecular flexibility index (Phi) is 8.05. The number of hydrogen-bond acceptors (Lipinski definition) is 6. The quantitative estimate of drug-likeness (QED) is 0.343. The molecule has 4 N–H and O–H groups in total. The molecule has 0 aromatic heterocycles. The highest BCUT2D eigenvalue weighted by Gasteiger charge is 2.28. The smallest absolute Gasteiger partial charge is 0.326 e. The Balaban J connectivity index is 1.84. The molecule has 0 heterocycles. The van der Waals surface area contributed by atoms with Gasteiger partial charge in [0.1, 0.15) is 6.04 Å². The SMILES string of the molecule is NC(=O)CCC(NC(=O)c1ccc(S(=O)(=O)N(Oc2ccccc2)c2ccccc2)cc1)C(=O)O. The van der Waals surface area contributed by atoms with E-state index >= 15 is 0 Å². The number of para-hydroxylation sites is 2. The number of carbonyl (C=O) groups is 3. The van der Waals surface area contributed by atoms with Gasteiger partial charge in [-0.2, -0.15) is 8.42 Å². The lowest BCUT2D eigenvalue weighted by Gasteiger charge is -2.24. The molecule has 2 amide bonds. The Morgan fingerprint density at radius 1 is 0.914 bits per heavy atom. The van der Waals surface area contributed by atoms with E-state index in [1.165, 1.54) is 24.3 Å². The van der Waals surface area contributed by atoms with E-state index in [0.29, 0.717) is 5.75 Å². The monoisotopic (exact) mass is 497 g/mol. The Morgan fingerprint density at radius 3 is 2.03 bits per heavy atom. The van der Waals surface area contributed by atoms with Gasteiger partial charge in [-0.15, -0.1) is 0 Å². The molecule has 0 aliphatic heterocycles. The molecule has 11 heteroatoms. The van der Waals surface area contributed by atoms with Gasteiger partial charge in [-0.25, -0.2) is 4.79 Å². The summed E-state index contributed by atoms with van der Waals surface area (Å²) in [5, 5.41) is 11.6. The van der Waals surface area contributed by atoms with Crippen molar-refractivity contribution >= 4 is 33.5 Å². The van der Waals surface area contributed by atoms with Crippen LogP contribution in [0.2, 0.25) is 0 Å². The van der Waals surface area contributed by atoms with Crippen molar-refractivity contribution in [3.8, 4) is 5.75 Å². The van der Waals surface area contributed by atoms with Crippen LogP contribution in [0.15, 0.2) is 89.8 Å². The molecule has 0 saturated heterocycles. The van der Waals surface area contributed by atoms with Crippen LogP contribution in [-0.4, -0.2) is 37.3 Å². The Bertz CT molecular complexity index is 1280. The van der Waals surface area contributed by atoms with Crippen LogP contribution in [-0.2, 0) is 19.6 Å². The van der Waals surface area contributed by atoms with Crippen molar-refractivity contribution in [2.75, 3.05) is 4.47 Å². The maximum absolute atomic E-state index is 13.4. The summed E-state index contributed by atoms with van der Waals surface area (Å²) in [7, 11) is -4.22. The standard InChI is InChI=1S/C24H23N3O7S/c25-22(28)16-15-21(24(30)31)26-23(29)17-11-13-20(14-12-17)35(32,33)27(18-7-3-1-4-8-18)34-19-9-5-2-6-10-19/h1-14,21H,15-16H2,(H2,25,28)(H,26,29)(H,30,31). The number of sulfonamides is 1. The summed E-state index contributed by atoms with van der Waals surface area (Å²) in [6.45, 7) is 0. The van der Waals surface area contributed by atoms with Crippen molar-refractivity contribution in [1.29, 1.82) is 0 Å². The highest BCUT2D eigenvalue weighted by molar-refractivity contribution is 7.92. The summed E-state index contributed by atoms with van der Waals surface area (Å²) in [5.41, 5.74) is 5.33. The minimum absolute atomic E-state index is 0.0320. The van der Waals surface area contributed by atoms with Crippen LogP contribution in [0.1, 0.15) is 23.2 Å². The van der Waals surface area contributed by atoms with Crippen molar-refractivity contribution in [3.05, 3.63) is 90.5 Å². The minimum atomic E-state index is -4.22. The molecule has 0 radical (unpaired) electrons. The average molecular weight is 498 g/mol. The van der Waals surface area contributed by atoms with Crippen LogP contribution in [0.4, 0.5) is 5.69 Å². The number of carbonyl (C=O) groups excluding carboxylic acids is 2. The summed E-state index contributed by atoms with van der Waals surface area (Å²) in [6, 6.07) is 20.2. The Labute approximate surface area is 201 Å². The van der Waals surface area contributed by atoms with Crippen molar-refractivity contribution in [2.24, 2.45) is 5.73 Å². The first-order valence-corrected chi connectivity index (χ1v) is 11.9. The number of anilines is 1. The summed E-state index contributed by atoms with van der Waals surface area (Å²) >= 11 is 0. The fourth-order valence-corrected chi connectivity index (χ4v) is 4.28. The number of nitrogens with zero attached hydrogens (tertiary/aromatic N) is 1. The number of carboxylic acid groups (broad SMARTS) is 1. The summed E-state index contributed by atoms with van der Waals surface area (Å²) in [6.07, 6.45) is -0.392. The second kappa shape index (κ2) is 11.2. The molecule has 10 nitrogen and oxygen atoms in total. The van der Waals surface area contributed by atoms with Gasteiger partial charge in [0.05, 0.1) is 10.6 Å². The number of aliphatic carboxylic acids is 1. The Morgan fingerprint density at radius 2 is 1.49 bits per heavy atom. The van der Waals surface area contributed by atoms with Gasteiger partial charge in [0.15, 0.2) is 5.75 Å². The summed E-state index contributed by atoms with van der Waals surface area (Å²) in [4.78, 5) is 40.3. The van der Waals surface area contributed by atoms with Gasteiger partial charge in [-0.05, 0) is 55.0 Å². The number of carboxylic acids is 1. The van der Waals surface area contributed by atoms with E-state index in [9.17, 15) is 27.9 Å². The molecular formula is C24H23N3O7S. The van der Waals surface area contributed by atoms with Gasteiger partial charge in [0.25, 0.3) is 15.9 Å². The molecule has 35 heavy (non-hydrogen) atoms. The number of nitrogens with two attached hydrogens (primary N) is 1. The number of amides is 2. The zero-order valence-electron chi connectivity index (χ0n) is 18.4. The third-order valence-electron chi connectivity index (χ3n) is 4.81. The molecule has 0 fully saturated rings. The topological polar surface area (TPSA) is 156 Å². The largest absolute Gasteiger partial charge is 0.480 e. The lowest BCUT2D eigenvalue weighted by Crippen LogP contribution is -2.41.